The lowest BCUT2D eigenvalue weighted by Crippen LogP contribution is -2.72. The molecule has 5 rings (SSSR count). The molecule has 1 aromatic heterocycles. The number of aromatic nitrogens is 1. The topological polar surface area (TPSA) is 61.4 Å². The molecule has 3 unspecified atom stereocenters. The number of fused-ring (bicyclic) bond motifs is 3. The number of nitrogens with one attached hydrogen (secondary N) is 3. The first-order valence-corrected chi connectivity index (χ1v) is 10.9. The molecule has 3 atom stereocenters. The van der Waals surface area contributed by atoms with Crippen LogP contribution in [-0.2, 0) is 17.6 Å². The number of hydrogen-bond acceptors (Lipinski definition) is 2. The van der Waals surface area contributed by atoms with E-state index in [-0.39, 0.29) is 0 Å². The molecule has 5 nitrogen and oxygen atoms in total. The molecule has 3 N–H and O–H groups in total. The molecule has 2 aromatic rings. The minimum Gasteiger partial charge on any atom is -0.377 e. The number of ether oxygens (including phenoxy) is 1. The van der Waals surface area contributed by atoms with Crippen LogP contribution in [-0.4, -0.2) is 43.3 Å². The van der Waals surface area contributed by atoms with E-state index in [0.717, 1.165) is 32.0 Å². The average molecular weight is 381 g/mol. The molecule has 150 valence electrons. The predicted octanol–water partition coefficient (Wildman–Crippen LogP) is 3.40. The summed E-state index contributed by atoms with van der Waals surface area (Å²) in [5.74, 6) is 1.61. The molecule has 28 heavy (non-hydrogen) atoms. The standard InChI is InChI=1S/C23H32N4O/c1-3-15-6-4-7-17-16(14-26-19(15)17)8-12-25-22(24-2)27-20-18-9-13-28-21(18)23(20)10-5-11-23/h4,6-7,14,18,20-21,26H,3,5,8-13H2,1-2H3,(H2,24,25,27). The Morgan fingerprint density at radius 2 is 2.21 bits per heavy atom. The van der Waals surface area contributed by atoms with Gasteiger partial charge in [-0.05, 0) is 43.2 Å². The van der Waals surface area contributed by atoms with Crippen LogP contribution in [0.25, 0.3) is 10.9 Å². The molecule has 2 aliphatic carbocycles. The van der Waals surface area contributed by atoms with E-state index in [2.05, 4.69) is 51.9 Å². The second-order valence-electron chi connectivity index (χ2n) is 8.71. The maximum atomic E-state index is 6.04. The summed E-state index contributed by atoms with van der Waals surface area (Å²) in [6.07, 6.45) is 9.84. The van der Waals surface area contributed by atoms with Crippen molar-refractivity contribution in [1.29, 1.82) is 0 Å². The number of hydrogen-bond donors (Lipinski definition) is 3. The molecule has 2 heterocycles. The molecule has 1 saturated heterocycles. The van der Waals surface area contributed by atoms with Gasteiger partial charge in [0.1, 0.15) is 0 Å². The van der Waals surface area contributed by atoms with Crippen molar-refractivity contribution in [3.05, 3.63) is 35.5 Å². The Hall–Kier alpha value is -2.01. The summed E-state index contributed by atoms with van der Waals surface area (Å²) in [6, 6.07) is 7.13. The van der Waals surface area contributed by atoms with Gasteiger partial charge in [0.25, 0.3) is 0 Å². The Bertz CT molecular complexity index is 882. The minimum absolute atomic E-state index is 0.381. The number of aromatic amines is 1. The molecule has 3 aliphatic rings. The van der Waals surface area contributed by atoms with Crippen LogP contribution in [0.1, 0.15) is 43.7 Å². The first-order valence-electron chi connectivity index (χ1n) is 10.9. The fraction of sp³-hybridized carbons (Fsp3) is 0.609. The number of aliphatic imine (C=N–C) groups is 1. The Labute approximate surface area is 167 Å². The fourth-order valence-electron chi connectivity index (χ4n) is 5.89. The lowest BCUT2D eigenvalue weighted by Gasteiger charge is -2.63. The Kier molecular flexibility index (Phi) is 4.58. The first-order chi connectivity index (χ1) is 13.8. The van der Waals surface area contributed by atoms with Crippen LogP contribution in [0.2, 0.25) is 0 Å². The van der Waals surface area contributed by atoms with E-state index >= 15 is 0 Å². The molecule has 3 fully saturated rings. The second-order valence-corrected chi connectivity index (χ2v) is 8.71. The normalized spacial score (nSPS) is 28.1. The number of guanidine groups is 1. The van der Waals surface area contributed by atoms with Gasteiger partial charge in [0, 0.05) is 54.7 Å². The molecule has 1 aromatic carbocycles. The molecular weight excluding hydrogens is 348 g/mol. The van der Waals surface area contributed by atoms with E-state index in [1.165, 1.54) is 47.7 Å². The van der Waals surface area contributed by atoms with E-state index < -0.39 is 0 Å². The largest absolute Gasteiger partial charge is 0.377 e. The number of aryl methyl sites for hydroxylation is 1. The molecule has 1 aliphatic heterocycles. The van der Waals surface area contributed by atoms with Gasteiger partial charge in [-0.25, -0.2) is 0 Å². The highest BCUT2D eigenvalue weighted by molar-refractivity contribution is 5.86. The predicted molar refractivity (Wildman–Crippen MR) is 114 cm³/mol. The van der Waals surface area contributed by atoms with Crippen LogP contribution in [0.4, 0.5) is 0 Å². The average Bonchev–Trinajstić information content (AvgIpc) is 3.28. The summed E-state index contributed by atoms with van der Waals surface area (Å²) in [4.78, 5) is 7.98. The maximum absolute atomic E-state index is 6.04. The molecule has 0 amide bonds. The van der Waals surface area contributed by atoms with Crippen molar-refractivity contribution in [2.24, 2.45) is 16.3 Å². The van der Waals surface area contributed by atoms with Crippen LogP contribution >= 0.6 is 0 Å². The Balaban J connectivity index is 1.21. The number of rotatable bonds is 5. The van der Waals surface area contributed by atoms with Gasteiger partial charge in [-0.2, -0.15) is 0 Å². The van der Waals surface area contributed by atoms with Crippen molar-refractivity contribution in [1.82, 2.24) is 15.6 Å². The quantitative estimate of drug-likeness (QED) is 0.550. The number of H-pyrrole nitrogens is 1. The van der Waals surface area contributed by atoms with Crippen LogP contribution in [0.15, 0.2) is 29.4 Å². The van der Waals surface area contributed by atoms with Crippen molar-refractivity contribution in [3.8, 4) is 0 Å². The van der Waals surface area contributed by atoms with Crippen molar-refractivity contribution in [3.63, 3.8) is 0 Å². The molecule has 5 heteroatoms. The molecule has 1 spiro atoms. The summed E-state index contributed by atoms with van der Waals surface area (Å²) >= 11 is 0. The Morgan fingerprint density at radius 3 is 2.96 bits per heavy atom. The van der Waals surface area contributed by atoms with Gasteiger partial charge in [0.05, 0.1) is 6.10 Å². The molecule has 2 saturated carbocycles. The van der Waals surface area contributed by atoms with Gasteiger partial charge >= 0.3 is 0 Å². The van der Waals surface area contributed by atoms with Gasteiger partial charge < -0.3 is 20.4 Å². The summed E-state index contributed by atoms with van der Waals surface area (Å²) in [5.41, 5.74) is 4.43. The van der Waals surface area contributed by atoms with E-state index in [1.807, 2.05) is 7.05 Å². The summed E-state index contributed by atoms with van der Waals surface area (Å²) in [5, 5.41) is 8.65. The summed E-state index contributed by atoms with van der Waals surface area (Å²) < 4.78 is 6.04. The lowest BCUT2D eigenvalue weighted by molar-refractivity contribution is -0.171. The summed E-state index contributed by atoms with van der Waals surface area (Å²) in [7, 11) is 1.88. The molecule has 0 radical (unpaired) electrons. The molecule has 0 bridgehead atoms. The van der Waals surface area contributed by atoms with E-state index in [1.54, 1.807) is 0 Å². The zero-order valence-electron chi connectivity index (χ0n) is 17.1. The monoisotopic (exact) mass is 380 g/mol. The van der Waals surface area contributed by atoms with Crippen LogP contribution < -0.4 is 10.6 Å². The van der Waals surface area contributed by atoms with E-state index in [0.29, 0.717) is 23.5 Å². The zero-order valence-corrected chi connectivity index (χ0v) is 17.1. The number of benzene rings is 1. The SMILES string of the molecule is CCc1cccc2c(CCNC(=NC)NC3C4CCOC4C34CCC4)c[nH]c12. The van der Waals surface area contributed by atoms with E-state index in [9.17, 15) is 0 Å². The van der Waals surface area contributed by atoms with Gasteiger partial charge in [-0.15, -0.1) is 0 Å². The number of nitrogens with zero attached hydrogens (tertiary/aromatic N) is 1. The zero-order chi connectivity index (χ0) is 19.1. The third kappa shape index (κ3) is 2.66. The van der Waals surface area contributed by atoms with Gasteiger partial charge in [-0.1, -0.05) is 31.5 Å². The van der Waals surface area contributed by atoms with Gasteiger partial charge in [0.2, 0.25) is 0 Å². The number of para-hydroxylation sites is 1. The smallest absolute Gasteiger partial charge is 0.191 e. The highest BCUT2D eigenvalue weighted by Crippen LogP contribution is 2.62. The first kappa shape index (κ1) is 18.0. The van der Waals surface area contributed by atoms with Crippen molar-refractivity contribution in [2.75, 3.05) is 20.2 Å². The summed E-state index contributed by atoms with van der Waals surface area (Å²) in [6.45, 7) is 4.02. The third-order valence-electron chi connectivity index (χ3n) is 7.51. The van der Waals surface area contributed by atoms with Crippen molar-refractivity contribution < 1.29 is 4.74 Å². The second kappa shape index (κ2) is 7.11. The van der Waals surface area contributed by atoms with Crippen molar-refractivity contribution in [2.45, 2.75) is 57.6 Å². The highest BCUT2D eigenvalue weighted by Gasteiger charge is 2.66. The highest BCUT2D eigenvalue weighted by atomic mass is 16.5. The van der Waals surface area contributed by atoms with Crippen LogP contribution in [0.5, 0.6) is 0 Å². The lowest BCUT2D eigenvalue weighted by atomic mass is 9.46. The fourth-order valence-corrected chi connectivity index (χ4v) is 5.89. The third-order valence-corrected chi connectivity index (χ3v) is 7.51. The van der Waals surface area contributed by atoms with Crippen LogP contribution in [0.3, 0.4) is 0 Å². The van der Waals surface area contributed by atoms with Crippen LogP contribution in [0, 0.1) is 11.3 Å². The van der Waals surface area contributed by atoms with Gasteiger partial charge in [0.15, 0.2) is 5.96 Å². The van der Waals surface area contributed by atoms with Gasteiger partial charge in [-0.3, -0.25) is 4.99 Å². The molecular formula is C23H32N4O. The maximum Gasteiger partial charge on any atom is 0.191 e. The van der Waals surface area contributed by atoms with E-state index in [4.69, 9.17) is 4.74 Å². The minimum atomic E-state index is 0.381. The Morgan fingerprint density at radius 1 is 1.32 bits per heavy atom. The van der Waals surface area contributed by atoms with Crippen molar-refractivity contribution >= 4 is 16.9 Å².